The molecule has 0 aliphatic rings. The number of hydrogen-bond acceptors (Lipinski definition) is 4. The van der Waals surface area contributed by atoms with Crippen LogP contribution in [0.1, 0.15) is 5.56 Å². The number of ether oxygens (including phenoxy) is 1. The number of thiophene rings is 1. The van der Waals surface area contributed by atoms with E-state index in [2.05, 4.69) is 16.8 Å². The van der Waals surface area contributed by atoms with Gasteiger partial charge in [-0.3, -0.25) is 9.69 Å². The van der Waals surface area contributed by atoms with Gasteiger partial charge in [-0.1, -0.05) is 0 Å². The zero-order valence-corrected chi connectivity index (χ0v) is 10.5. The van der Waals surface area contributed by atoms with Crippen molar-refractivity contribution in [2.45, 2.75) is 6.54 Å². The zero-order chi connectivity index (χ0) is 11.8. The van der Waals surface area contributed by atoms with E-state index in [1.54, 1.807) is 18.4 Å². The maximum atomic E-state index is 11.5. The number of likely N-dealkylation sites (N-methyl/N-ethyl adjacent to an activating group) is 1. The van der Waals surface area contributed by atoms with Crippen molar-refractivity contribution >= 4 is 17.2 Å². The quantitative estimate of drug-likeness (QED) is 0.724. The highest BCUT2D eigenvalue weighted by molar-refractivity contribution is 7.07. The molecule has 0 atom stereocenters. The Morgan fingerprint density at radius 2 is 2.44 bits per heavy atom. The van der Waals surface area contributed by atoms with Crippen LogP contribution < -0.4 is 5.32 Å². The molecule has 0 bridgehead atoms. The SMILES string of the molecule is COCCNC(=O)CN(C)Cc1ccsc1. The fourth-order valence-corrected chi connectivity index (χ4v) is 2.00. The fraction of sp³-hybridized carbons (Fsp3) is 0.545. The maximum absolute atomic E-state index is 11.5. The van der Waals surface area contributed by atoms with Gasteiger partial charge in [0.25, 0.3) is 0 Å². The monoisotopic (exact) mass is 242 g/mol. The van der Waals surface area contributed by atoms with Gasteiger partial charge in [0, 0.05) is 20.2 Å². The average molecular weight is 242 g/mol. The zero-order valence-electron chi connectivity index (χ0n) is 9.73. The van der Waals surface area contributed by atoms with Crippen molar-refractivity contribution in [1.82, 2.24) is 10.2 Å². The third kappa shape index (κ3) is 5.25. The highest BCUT2D eigenvalue weighted by Crippen LogP contribution is 2.07. The molecule has 1 heterocycles. The minimum absolute atomic E-state index is 0.0368. The lowest BCUT2D eigenvalue weighted by molar-refractivity contribution is -0.122. The van der Waals surface area contributed by atoms with Crippen molar-refractivity contribution in [3.8, 4) is 0 Å². The van der Waals surface area contributed by atoms with Crippen molar-refractivity contribution < 1.29 is 9.53 Å². The Labute approximate surface area is 100 Å². The number of amides is 1. The van der Waals surface area contributed by atoms with Gasteiger partial charge >= 0.3 is 0 Å². The minimum Gasteiger partial charge on any atom is -0.383 e. The van der Waals surface area contributed by atoms with Gasteiger partial charge < -0.3 is 10.1 Å². The van der Waals surface area contributed by atoms with E-state index in [-0.39, 0.29) is 5.91 Å². The highest BCUT2D eigenvalue weighted by atomic mass is 32.1. The summed E-state index contributed by atoms with van der Waals surface area (Å²) in [5.74, 6) is 0.0368. The smallest absolute Gasteiger partial charge is 0.234 e. The third-order valence-electron chi connectivity index (χ3n) is 2.07. The average Bonchev–Trinajstić information content (AvgIpc) is 2.70. The molecular formula is C11H18N2O2S. The molecule has 1 N–H and O–H groups in total. The topological polar surface area (TPSA) is 41.6 Å². The van der Waals surface area contributed by atoms with Crippen LogP contribution in [-0.2, 0) is 16.1 Å². The van der Waals surface area contributed by atoms with Crippen molar-refractivity contribution in [2.24, 2.45) is 0 Å². The van der Waals surface area contributed by atoms with Gasteiger partial charge in [0.05, 0.1) is 13.2 Å². The molecule has 0 spiro atoms. The number of rotatable bonds is 7. The first kappa shape index (κ1) is 13.2. The van der Waals surface area contributed by atoms with Gasteiger partial charge in [-0.15, -0.1) is 0 Å². The molecule has 0 saturated carbocycles. The molecule has 90 valence electrons. The van der Waals surface area contributed by atoms with E-state index in [4.69, 9.17) is 4.74 Å². The molecule has 16 heavy (non-hydrogen) atoms. The van der Waals surface area contributed by atoms with Crippen LogP contribution >= 0.6 is 11.3 Å². The maximum Gasteiger partial charge on any atom is 0.234 e. The summed E-state index contributed by atoms with van der Waals surface area (Å²) in [5, 5.41) is 6.93. The summed E-state index contributed by atoms with van der Waals surface area (Å²) in [6.07, 6.45) is 0. The summed E-state index contributed by atoms with van der Waals surface area (Å²) in [4.78, 5) is 13.4. The lowest BCUT2D eigenvalue weighted by atomic mass is 10.3. The van der Waals surface area contributed by atoms with Crippen molar-refractivity contribution in [2.75, 3.05) is 33.9 Å². The molecule has 0 unspecified atom stereocenters. The highest BCUT2D eigenvalue weighted by Gasteiger charge is 2.06. The van der Waals surface area contributed by atoms with Gasteiger partial charge in [-0.2, -0.15) is 11.3 Å². The summed E-state index contributed by atoms with van der Waals surface area (Å²) in [6.45, 7) is 2.35. The Morgan fingerprint density at radius 3 is 3.06 bits per heavy atom. The van der Waals surface area contributed by atoms with Crippen LogP contribution in [-0.4, -0.2) is 44.7 Å². The molecule has 1 aromatic heterocycles. The van der Waals surface area contributed by atoms with Gasteiger partial charge in [0.2, 0.25) is 5.91 Å². The van der Waals surface area contributed by atoms with Crippen molar-refractivity contribution in [3.63, 3.8) is 0 Å². The van der Waals surface area contributed by atoms with Crippen LogP contribution in [0, 0.1) is 0 Å². The molecular weight excluding hydrogens is 224 g/mol. The fourth-order valence-electron chi connectivity index (χ4n) is 1.34. The standard InChI is InChI=1S/C11H18N2O2S/c1-13(7-10-3-6-16-9-10)8-11(14)12-4-5-15-2/h3,6,9H,4-5,7-8H2,1-2H3,(H,12,14). The Morgan fingerprint density at radius 1 is 1.62 bits per heavy atom. The normalized spacial score (nSPS) is 10.7. The number of carbonyl (C=O) groups excluding carboxylic acids is 1. The molecule has 0 aliphatic carbocycles. The third-order valence-corrected chi connectivity index (χ3v) is 2.81. The Bertz CT molecular complexity index is 301. The predicted molar refractivity (Wildman–Crippen MR) is 65.5 cm³/mol. The van der Waals surface area contributed by atoms with Crippen LogP contribution in [0.15, 0.2) is 16.8 Å². The second-order valence-electron chi connectivity index (χ2n) is 3.65. The lowest BCUT2D eigenvalue weighted by Gasteiger charge is -2.15. The number of nitrogens with one attached hydrogen (secondary N) is 1. The van der Waals surface area contributed by atoms with E-state index < -0.39 is 0 Å². The lowest BCUT2D eigenvalue weighted by Crippen LogP contribution is -2.36. The van der Waals surface area contributed by atoms with Crippen LogP contribution in [0.3, 0.4) is 0 Å². The van der Waals surface area contributed by atoms with Gasteiger partial charge in [-0.05, 0) is 29.4 Å². The Hall–Kier alpha value is -0.910. The summed E-state index contributed by atoms with van der Waals surface area (Å²) < 4.78 is 4.86. The Kier molecular flexibility index (Phi) is 6.07. The second kappa shape index (κ2) is 7.38. The largest absolute Gasteiger partial charge is 0.383 e. The second-order valence-corrected chi connectivity index (χ2v) is 4.43. The van der Waals surface area contributed by atoms with Crippen LogP contribution in [0.5, 0.6) is 0 Å². The van der Waals surface area contributed by atoms with E-state index >= 15 is 0 Å². The number of carbonyl (C=O) groups is 1. The summed E-state index contributed by atoms with van der Waals surface area (Å²) in [7, 11) is 3.56. The van der Waals surface area contributed by atoms with E-state index in [0.29, 0.717) is 19.7 Å². The molecule has 0 aliphatic heterocycles. The summed E-state index contributed by atoms with van der Waals surface area (Å²) >= 11 is 1.67. The Balaban J connectivity index is 2.18. The molecule has 1 rings (SSSR count). The van der Waals surface area contributed by atoms with Gasteiger partial charge in [0.1, 0.15) is 0 Å². The van der Waals surface area contributed by atoms with E-state index in [0.717, 1.165) is 6.54 Å². The minimum atomic E-state index is 0.0368. The van der Waals surface area contributed by atoms with E-state index in [9.17, 15) is 4.79 Å². The number of methoxy groups -OCH3 is 1. The predicted octanol–water partition coefficient (Wildman–Crippen LogP) is 0.943. The van der Waals surface area contributed by atoms with Crippen molar-refractivity contribution in [1.29, 1.82) is 0 Å². The van der Waals surface area contributed by atoms with Gasteiger partial charge in [-0.25, -0.2) is 0 Å². The molecule has 1 amide bonds. The van der Waals surface area contributed by atoms with Gasteiger partial charge in [0.15, 0.2) is 0 Å². The first-order chi connectivity index (χ1) is 7.72. The molecule has 0 aromatic carbocycles. The molecule has 0 fully saturated rings. The first-order valence-electron chi connectivity index (χ1n) is 5.17. The van der Waals surface area contributed by atoms with Crippen LogP contribution in [0.4, 0.5) is 0 Å². The molecule has 1 aromatic rings. The van der Waals surface area contributed by atoms with E-state index in [1.165, 1.54) is 5.56 Å². The molecule has 0 saturated heterocycles. The molecule has 5 heteroatoms. The summed E-state index contributed by atoms with van der Waals surface area (Å²) in [6, 6.07) is 2.07. The van der Waals surface area contributed by atoms with Crippen LogP contribution in [0.25, 0.3) is 0 Å². The first-order valence-corrected chi connectivity index (χ1v) is 6.12. The van der Waals surface area contributed by atoms with E-state index in [1.807, 2.05) is 17.3 Å². The summed E-state index contributed by atoms with van der Waals surface area (Å²) in [5.41, 5.74) is 1.25. The molecule has 0 radical (unpaired) electrons. The number of hydrogen-bond donors (Lipinski definition) is 1. The molecule has 4 nitrogen and oxygen atoms in total. The number of nitrogens with zero attached hydrogens (tertiary/aromatic N) is 1. The van der Waals surface area contributed by atoms with Crippen molar-refractivity contribution in [3.05, 3.63) is 22.4 Å². The van der Waals surface area contributed by atoms with Crippen LogP contribution in [0.2, 0.25) is 0 Å².